The second-order valence-corrected chi connectivity index (χ2v) is 5.55. The summed E-state index contributed by atoms with van der Waals surface area (Å²) >= 11 is 0. The van der Waals surface area contributed by atoms with Crippen LogP contribution >= 0.6 is 0 Å². The third-order valence-corrected chi connectivity index (χ3v) is 3.82. The lowest BCUT2D eigenvalue weighted by atomic mass is 10.0. The molecule has 0 aliphatic carbocycles. The van der Waals surface area contributed by atoms with Crippen LogP contribution in [0, 0.1) is 0 Å². The first-order valence-electron chi connectivity index (χ1n) is 7.76. The molecule has 0 heterocycles. The standard InChI is InChI=1S/C19H25NO/c1-3-7-16-10-12-17(13-11-16)15(2)20-14-19(21)18-8-5-4-6-9-18/h4-6,8-13,15,19-21H,3,7,14H2,1-2H3. The highest BCUT2D eigenvalue weighted by atomic mass is 16.3. The van der Waals surface area contributed by atoms with Crippen molar-refractivity contribution in [2.24, 2.45) is 0 Å². The van der Waals surface area contributed by atoms with E-state index in [0.29, 0.717) is 6.54 Å². The molecule has 0 fully saturated rings. The van der Waals surface area contributed by atoms with Crippen LogP contribution in [0.1, 0.15) is 49.1 Å². The van der Waals surface area contributed by atoms with Crippen LogP contribution in [0.2, 0.25) is 0 Å². The normalized spacial score (nSPS) is 13.9. The minimum Gasteiger partial charge on any atom is -0.387 e. The molecule has 2 nitrogen and oxygen atoms in total. The maximum Gasteiger partial charge on any atom is 0.0914 e. The van der Waals surface area contributed by atoms with E-state index in [9.17, 15) is 5.11 Å². The van der Waals surface area contributed by atoms with Gasteiger partial charge >= 0.3 is 0 Å². The van der Waals surface area contributed by atoms with Crippen LogP contribution in [0.4, 0.5) is 0 Å². The van der Waals surface area contributed by atoms with E-state index in [4.69, 9.17) is 0 Å². The zero-order valence-corrected chi connectivity index (χ0v) is 12.9. The summed E-state index contributed by atoms with van der Waals surface area (Å²) in [4.78, 5) is 0. The average Bonchev–Trinajstić information content (AvgIpc) is 2.54. The van der Waals surface area contributed by atoms with Crippen molar-refractivity contribution < 1.29 is 5.11 Å². The number of hydrogen-bond acceptors (Lipinski definition) is 2. The van der Waals surface area contributed by atoms with Crippen molar-refractivity contribution >= 4 is 0 Å². The van der Waals surface area contributed by atoms with Gasteiger partial charge in [0.25, 0.3) is 0 Å². The number of nitrogens with one attached hydrogen (secondary N) is 1. The molecule has 2 atom stereocenters. The fourth-order valence-electron chi connectivity index (χ4n) is 2.46. The second kappa shape index (κ2) is 7.96. The zero-order valence-electron chi connectivity index (χ0n) is 12.9. The Morgan fingerprint density at radius 1 is 0.952 bits per heavy atom. The Morgan fingerprint density at radius 2 is 1.62 bits per heavy atom. The van der Waals surface area contributed by atoms with Crippen LogP contribution in [0.25, 0.3) is 0 Å². The van der Waals surface area contributed by atoms with E-state index in [0.717, 1.165) is 12.0 Å². The van der Waals surface area contributed by atoms with Gasteiger partial charge in [0.05, 0.1) is 6.10 Å². The molecule has 0 saturated carbocycles. The highest BCUT2D eigenvalue weighted by molar-refractivity contribution is 5.25. The Bertz CT molecular complexity index is 521. The van der Waals surface area contributed by atoms with Crippen LogP contribution in [-0.2, 0) is 6.42 Å². The van der Waals surface area contributed by atoms with Crippen molar-refractivity contribution in [3.63, 3.8) is 0 Å². The topological polar surface area (TPSA) is 32.3 Å². The van der Waals surface area contributed by atoms with Gasteiger partial charge in [-0.1, -0.05) is 67.9 Å². The zero-order chi connectivity index (χ0) is 15.1. The van der Waals surface area contributed by atoms with Crippen LogP contribution < -0.4 is 5.32 Å². The molecule has 112 valence electrons. The van der Waals surface area contributed by atoms with Crippen molar-refractivity contribution in [2.45, 2.75) is 38.8 Å². The lowest BCUT2D eigenvalue weighted by Gasteiger charge is -2.18. The maximum atomic E-state index is 10.2. The van der Waals surface area contributed by atoms with Crippen molar-refractivity contribution in [2.75, 3.05) is 6.54 Å². The van der Waals surface area contributed by atoms with E-state index in [1.54, 1.807) is 0 Å². The third kappa shape index (κ3) is 4.69. The summed E-state index contributed by atoms with van der Waals surface area (Å²) in [5, 5.41) is 13.6. The summed E-state index contributed by atoms with van der Waals surface area (Å²) in [5.41, 5.74) is 3.60. The van der Waals surface area contributed by atoms with Gasteiger partial charge in [0, 0.05) is 12.6 Å². The first-order valence-corrected chi connectivity index (χ1v) is 7.76. The van der Waals surface area contributed by atoms with E-state index >= 15 is 0 Å². The predicted octanol–water partition coefficient (Wildman–Crippen LogP) is 4.02. The molecule has 0 amide bonds. The smallest absolute Gasteiger partial charge is 0.0914 e. The molecule has 0 radical (unpaired) electrons. The van der Waals surface area contributed by atoms with Crippen molar-refractivity contribution in [1.82, 2.24) is 5.32 Å². The minimum absolute atomic E-state index is 0.235. The van der Waals surface area contributed by atoms with E-state index in [1.807, 2.05) is 30.3 Å². The highest BCUT2D eigenvalue weighted by Gasteiger charge is 2.10. The molecular weight excluding hydrogens is 258 g/mol. The van der Waals surface area contributed by atoms with Gasteiger partial charge in [-0.25, -0.2) is 0 Å². The van der Waals surface area contributed by atoms with Gasteiger partial charge < -0.3 is 10.4 Å². The summed E-state index contributed by atoms with van der Waals surface area (Å²) in [7, 11) is 0. The molecule has 0 aliphatic heterocycles. The molecule has 21 heavy (non-hydrogen) atoms. The second-order valence-electron chi connectivity index (χ2n) is 5.55. The molecule has 2 N–H and O–H groups in total. The van der Waals surface area contributed by atoms with Crippen molar-refractivity contribution in [1.29, 1.82) is 0 Å². The number of rotatable bonds is 7. The molecule has 0 spiro atoms. The fraction of sp³-hybridized carbons (Fsp3) is 0.368. The molecule has 2 heteroatoms. The van der Waals surface area contributed by atoms with Gasteiger partial charge in [0.1, 0.15) is 0 Å². The summed E-state index contributed by atoms with van der Waals surface area (Å²) in [6.45, 7) is 4.89. The fourth-order valence-corrected chi connectivity index (χ4v) is 2.46. The van der Waals surface area contributed by atoms with Gasteiger partial charge in [-0.05, 0) is 30.0 Å². The van der Waals surface area contributed by atoms with Gasteiger partial charge in [0.2, 0.25) is 0 Å². The molecule has 2 aromatic rings. The summed E-state index contributed by atoms with van der Waals surface area (Å²) in [6, 6.07) is 18.8. The van der Waals surface area contributed by atoms with Gasteiger partial charge in [-0.3, -0.25) is 0 Å². The summed E-state index contributed by atoms with van der Waals surface area (Å²) in [6.07, 6.45) is 1.85. The molecule has 2 aromatic carbocycles. The molecule has 0 saturated heterocycles. The highest BCUT2D eigenvalue weighted by Crippen LogP contribution is 2.16. The molecule has 0 aliphatic rings. The van der Waals surface area contributed by atoms with E-state index < -0.39 is 6.10 Å². The number of aliphatic hydroxyl groups is 1. The number of hydrogen-bond donors (Lipinski definition) is 2. The number of aryl methyl sites for hydroxylation is 1. The predicted molar refractivity (Wildman–Crippen MR) is 88.3 cm³/mol. The SMILES string of the molecule is CCCc1ccc(C(C)NCC(O)c2ccccc2)cc1. The molecule has 2 unspecified atom stereocenters. The first kappa shape index (κ1) is 15.7. The van der Waals surface area contributed by atoms with Crippen LogP contribution in [-0.4, -0.2) is 11.7 Å². The third-order valence-electron chi connectivity index (χ3n) is 3.82. The number of benzene rings is 2. The van der Waals surface area contributed by atoms with E-state index in [1.165, 1.54) is 17.5 Å². The number of aliphatic hydroxyl groups excluding tert-OH is 1. The minimum atomic E-state index is -0.465. The van der Waals surface area contributed by atoms with Crippen LogP contribution in [0.3, 0.4) is 0 Å². The quantitative estimate of drug-likeness (QED) is 0.804. The Hall–Kier alpha value is -1.64. The van der Waals surface area contributed by atoms with Crippen LogP contribution in [0.5, 0.6) is 0 Å². The molecule has 2 rings (SSSR count). The lowest BCUT2D eigenvalue weighted by molar-refractivity contribution is 0.171. The average molecular weight is 283 g/mol. The monoisotopic (exact) mass is 283 g/mol. The Morgan fingerprint density at radius 3 is 2.24 bits per heavy atom. The Kier molecular flexibility index (Phi) is 5.97. The van der Waals surface area contributed by atoms with Crippen molar-refractivity contribution in [3.8, 4) is 0 Å². The molecular formula is C19H25NO. The van der Waals surface area contributed by atoms with E-state index in [-0.39, 0.29) is 6.04 Å². The first-order chi connectivity index (χ1) is 10.2. The molecule has 0 bridgehead atoms. The Labute approximate surface area is 127 Å². The maximum absolute atomic E-state index is 10.2. The summed E-state index contributed by atoms with van der Waals surface area (Å²) in [5.74, 6) is 0. The van der Waals surface area contributed by atoms with Crippen molar-refractivity contribution in [3.05, 3.63) is 71.3 Å². The van der Waals surface area contributed by atoms with Gasteiger partial charge in [0.15, 0.2) is 0 Å². The largest absolute Gasteiger partial charge is 0.387 e. The molecule has 0 aromatic heterocycles. The van der Waals surface area contributed by atoms with Crippen LogP contribution in [0.15, 0.2) is 54.6 Å². The summed E-state index contributed by atoms with van der Waals surface area (Å²) < 4.78 is 0. The van der Waals surface area contributed by atoms with Gasteiger partial charge in [-0.2, -0.15) is 0 Å². The van der Waals surface area contributed by atoms with Gasteiger partial charge in [-0.15, -0.1) is 0 Å². The lowest BCUT2D eigenvalue weighted by Crippen LogP contribution is -2.24. The Balaban J connectivity index is 1.88. The van der Waals surface area contributed by atoms with E-state index in [2.05, 4.69) is 43.4 Å².